The van der Waals surface area contributed by atoms with Crippen LogP contribution in [0.2, 0.25) is 0 Å². The maximum Gasteiger partial charge on any atom is 0.407 e. The van der Waals surface area contributed by atoms with Gasteiger partial charge in [-0.1, -0.05) is 64.8 Å². The van der Waals surface area contributed by atoms with Gasteiger partial charge in [-0.2, -0.15) is 0 Å². The summed E-state index contributed by atoms with van der Waals surface area (Å²) in [6.07, 6.45) is -0.648. The van der Waals surface area contributed by atoms with Crippen LogP contribution < -0.4 is 5.32 Å². The van der Waals surface area contributed by atoms with Crippen LogP contribution in [-0.4, -0.2) is 22.4 Å². The fourth-order valence-corrected chi connectivity index (χ4v) is 2.42. The van der Waals surface area contributed by atoms with E-state index in [2.05, 4.69) is 10.1 Å². The van der Waals surface area contributed by atoms with Crippen LogP contribution in [0.3, 0.4) is 0 Å². The third-order valence-corrected chi connectivity index (χ3v) is 4.02. The zero-order valence-electron chi connectivity index (χ0n) is 8.82. The number of thioether (sulfide) groups is 1. The first-order valence-electron chi connectivity index (χ1n) is 4.56. The Morgan fingerprint density at radius 1 is 1.35 bits per heavy atom. The number of carbonyl (C=O) groups is 1. The van der Waals surface area contributed by atoms with E-state index in [-0.39, 0.29) is 0 Å². The summed E-state index contributed by atoms with van der Waals surface area (Å²) < 4.78 is 2.84. The molecule has 0 radical (unpaired) electrons. The third-order valence-electron chi connectivity index (χ3n) is 1.73. The Kier molecular flexibility index (Phi) is 5.73. The van der Waals surface area contributed by atoms with Crippen molar-refractivity contribution in [1.29, 1.82) is 0 Å². The second-order valence-corrected chi connectivity index (χ2v) is 6.54. The number of rotatable bonds is 3. The lowest BCUT2D eigenvalue weighted by Gasteiger charge is -2.24. The van der Waals surface area contributed by atoms with E-state index in [4.69, 9.17) is 34.8 Å². The molecule has 0 heterocycles. The third kappa shape index (κ3) is 5.25. The molecule has 17 heavy (non-hydrogen) atoms. The predicted octanol–water partition coefficient (Wildman–Crippen LogP) is 3.83. The van der Waals surface area contributed by atoms with Gasteiger partial charge in [-0.25, -0.2) is 4.79 Å². The summed E-state index contributed by atoms with van der Waals surface area (Å²) >= 11 is 18.6. The molecule has 0 aliphatic carbocycles. The normalized spacial score (nSPS) is 12.9. The quantitative estimate of drug-likeness (QED) is 0.523. The second kappa shape index (κ2) is 6.59. The summed E-state index contributed by atoms with van der Waals surface area (Å²) in [4.78, 5) is 12.0. The molecule has 1 atom stereocenters. The van der Waals surface area contributed by atoms with Crippen LogP contribution in [0.15, 0.2) is 35.2 Å². The van der Waals surface area contributed by atoms with Crippen molar-refractivity contribution < 1.29 is 9.53 Å². The van der Waals surface area contributed by atoms with Gasteiger partial charge in [-0.05, 0) is 12.1 Å². The number of hydrogen-bond donors (Lipinski definition) is 1. The number of benzene rings is 1. The molecule has 0 aliphatic rings. The summed E-state index contributed by atoms with van der Waals surface area (Å²) in [6, 6.07) is 9.30. The van der Waals surface area contributed by atoms with Crippen molar-refractivity contribution in [2.45, 2.75) is 14.1 Å². The van der Waals surface area contributed by atoms with Gasteiger partial charge in [0.2, 0.25) is 3.79 Å². The number of hydrogen-bond acceptors (Lipinski definition) is 3. The maximum absolute atomic E-state index is 11.1. The molecule has 0 saturated heterocycles. The summed E-state index contributed by atoms with van der Waals surface area (Å²) in [5, 5.41) is 1.73. The molecule has 0 saturated carbocycles. The lowest BCUT2D eigenvalue weighted by molar-refractivity contribution is 0.170. The average molecular weight is 315 g/mol. The molecule has 3 nitrogen and oxygen atoms in total. The number of alkyl carbamates (subject to hydrolysis) is 1. The van der Waals surface area contributed by atoms with Gasteiger partial charge in [0, 0.05) is 4.90 Å². The molecule has 1 aromatic rings. The zero-order valence-corrected chi connectivity index (χ0v) is 11.9. The average Bonchev–Trinajstić information content (AvgIpc) is 2.28. The van der Waals surface area contributed by atoms with Gasteiger partial charge < -0.3 is 10.1 Å². The van der Waals surface area contributed by atoms with Crippen molar-refractivity contribution in [2.75, 3.05) is 7.11 Å². The summed E-state index contributed by atoms with van der Waals surface area (Å²) in [7, 11) is 1.25. The summed E-state index contributed by atoms with van der Waals surface area (Å²) in [6.45, 7) is 0. The Morgan fingerprint density at radius 3 is 2.41 bits per heavy atom. The van der Waals surface area contributed by atoms with Gasteiger partial charge in [0.25, 0.3) is 0 Å². The number of carbonyl (C=O) groups excluding carboxylic acids is 1. The number of ether oxygens (including phenoxy) is 1. The lowest BCUT2D eigenvalue weighted by atomic mass is 10.4. The molecule has 7 heteroatoms. The van der Waals surface area contributed by atoms with E-state index in [0.717, 1.165) is 4.90 Å². The molecule has 0 unspecified atom stereocenters. The van der Waals surface area contributed by atoms with Crippen LogP contribution in [0.5, 0.6) is 0 Å². The first kappa shape index (κ1) is 14.8. The SMILES string of the molecule is COC(=O)N[C@H](Sc1ccccc1)C(Cl)(Cl)Cl. The highest BCUT2D eigenvalue weighted by molar-refractivity contribution is 8.00. The fraction of sp³-hybridized carbons (Fsp3) is 0.300. The smallest absolute Gasteiger partial charge is 0.407 e. The van der Waals surface area contributed by atoms with Gasteiger partial charge in [-0.3, -0.25) is 0 Å². The first-order valence-corrected chi connectivity index (χ1v) is 6.57. The molecule has 1 N–H and O–H groups in total. The highest BCUT2D eigenvalue weighted by atomic mass is 35.6. The Hall–Kier alpha value is -0.290. The van der Waals surface area contributed by atoms with Gasteiger partial charge in [0.15, 0.2) is 0 Å². The highest BCUT2D eigenvalue weighted by Gasteiger charge is 2.35. The van der Waals surface area contributed by atoms with Crippen molar-refractivity contribution in [1.82, 2.24) is 5.32 Å². The lowest BCUT2D eigenvalue weighted by Crippen LogP contribution is -2.41. The van der Waals surface area contributed by atoms with Crippen LogP contribution >= 0.6 is 46.6 Å². The minimum absolute atomic E-state index is 0.648. The molecule has 0 aromatic heterocycles. The van der Waals surface area contributed by atoms with E-state index >= 15 is 0 Å². The Labute approximate surface area is 119 Å². The minimum Gasteiger partial charge on any atom is -0.453 e. The minimum atomic E-state index is -1.63. The van der Waals surface area contributed by atoms with E-state index in [9.17, 15) is 4.79 Å². The monoisotopic (exact) mass is 313 g/mol. The maximum atomic E-state index is 11.1. The van der Waals surface area contributed by atoms with Gasteiger partial charge in [0.1, 0.15) is 5.37 Å². The van der Waals surface area contributed by atoms with Crippen LogP contribution in [0, 0.1) is 0 Å². The molecule has 0 aliphatic heterocycles. The highest BCUT2D eigenvalue weighted by Crippen LogP contribution is 2.39. The molecule has 0 spiro atoms. The van der Waals surface area contributed by atoms with E-state index < -0.39 is 15.3 Å². The Morgan fingerprint density at radius 2 is 1.94 bits per heavy atom. The van der Waals surface area contributed by atoms with E-state index in [0.29, 0.717) is 0 Å². The number of alkyl halides is 3. The van der Waals surface area contributed by atoms with Crippen molar-refractivity contribution in [2.24, 2.45) is 0 Å². The number of halogens is 3. The molecule has 1 amide bonds. The van der Waals surface area contributed by atoms with E-state index in [1.54, 1.807) is 0 Å². The van der Waals surface area contributed by atoms with E-state index in [1.165, 1.54) is 18.9 Å². The molecular weight excluding hydrogens is 305 g/mol. The van der Waals surface area contributed by atoms with Crippen LogP contribution in [0.25, 0.3) is 0 Å². The van der Waals surface area contributed by atoms with Gasteiger partial charge >= 0.3 is 6.09 Å². The van der Waals surface area contributed by atoms with Crippen LogP contribution in [-0.2, 0) is 4.74 Å². The fourth-order valence-electron chi connectivity index (χ4n) is 0.979. The molecule has 0 bridgehead atoms. The molecule has 94 valence electrons. The van der Waals surface area contributed by atoms with E-state index in [1.807, 2.05) is 30.3 Å². The number of nitrogens with one attached hydrogen (secondary N) is 1. The molecular formula is C10H10Cl3NO2S. The summed E-state index contributed by atoms with van der Waals surface area (Å²) in [5.41, 5.74) is 0. The number of amides is 1. The van der Waals surface area contributed by atoms with Gasteiger partial charge in [-0.15, -0.1) is 0 Å². The van der Waals surface area contributed by atoms with Crippen molar-refractivity contribution in [3.8, 4) is 0 Å². The molecule has 1 rings (SSSR count). The number of methoxy groups -OCH3 is 1. The van der Waals surface area contributed by atoms with Crippen molar-refractivity contribution >= 4 is 52.7 Å². The summed E-state index contributed by atoms with van der Waals surface area (Å²) in [5.74, 6) is 0. The Balaban J connectivity index is 2.75. The second-order valence-electron chi connectivity index (χ2n) is 2.99. The van der Waals surface area contributed by atoms with Crippen LogP contribution in [0.4, 0.5) is 4.79 Å². The molecule has 1 aromatic carbocycles. The standard InChI is InChI=1S/C10H10Cl3NO2S/c1-16-9(15)14-8(10(11,12)13)17-7-5-3-2-4-6-7/h2-6,8H,1H3,(H,14,15)/t8-/m1/s1. The van der Waals surface area contributed by atoms with Crippen molar-refractivity contribution in [3.63, 3.8) is 0 Å². The van der Waals surface area contributed by atoms with Crippen molar-refractivity contribution in [3.05, 3.63) is 30.3 Å². The molecule has 0 fully saturated rings. The zero-order chi connectivity index (χ0) is 12.9. The first-order chi connectivity index (χ1) is 7.93. The largest absolute Gasteiger partial charge is 0.453 e. The predicted molar refractivity (Wildman–Crippen MR) is 71.9 cm³/mol. The van der Waals surface area contributed by atoms with Gasteiger partial charge in [0.05, 0.1) is 7.11 Å². The van der Waals surface area contributed by atoms with Crippen LogP contribution in [0.1, 0.15) is 0 Å². The topological polar surface area (TPSA) is 38.3 Å². The Bertz CT molecular complexity index is 370.